The molecule has 0 spiro atoms. The average Bonchev–Trinajstić information content (AvgIpc) is 2.39. The maximum absolute atomic E-state index is 11.4. The molecule has 1 atom stereocenters. The van der Waals surface area contributed by atoms with E-state index >= 15 is 0 Å². The maximum Gasteiger partial charge on any atom is 0.252 e. The number of carbonyl (C=O) groups is 1. The third kappa shape index (κ3) is 2.79. The molecule has 0 bridgehead atoms. The van der Waals surface area contributed by atoms with E-state index in [9.17, 15) is 4.79 Å². The zero-order chi connectivity index (χ0) is 13.0. The van der Waals surface area contributed by atoms with Crippen molar-refractivity contribution in [2.75, 3.05) is 24.5 Å². The van der Waals surface area contributed by atoms with E-state index in [1.165, 1.54) is 6.42 Å². The zero-order valence-corrected chi connectivity index (χ0v) is 10.7. The molecule has 0 saturated carbocycles. The van der Waals surface area contributed by atoms with E-state index in [-0.39, 0.29) is 0 Å². The molecule has 2 rings (SSSR count). The van der Waals surface area contributed by atoms with Crippen LogP contribution < -0.4 is 16.0 Å². The van der Waals surface area contributed by atoms with Crippen LogP contribution in [0, 0.1) is 0 Å². The molecule has 1 fully saturated rings. The predicted molar refractivity (Wildman–Crippen MR) is 71.7 cm³/mol. The number of carbonyl (C=O) groups excluding carboxylic acids is 1. The van der Waals surface area contributed by atoms with Crippen LogP contribution in [0.5, 0.6) is 0 Å². The lowest BCUT2D eigenvalue weighted by atomic mass is 10.0. The molecule has 3 N–H and O–H groups in total. The van der Waals surface area contributed by atoms with E-state index in [1.807, 2.05) is 0 Å². The van der Waals surface area contributed by atoms with Gasteiger partial charge < -0.3 is 16.0 Å². The molecule has 5 nitrogen and oxygen atoms in total. The first kappa shape index (κ1) is 12.8. The van der Waals surface area contributed by atoms with Crippen molar-refractivity contribution >= 4 is 11.7 Å². The van der Waals surface area contributed by atoms with Gasteiger partial charge in [-0.3, -0.25) is 4.79 Å². The molecule has 18 heavy (non-hydrogen) atoms. The normalized spacial score (nSPS) is 19.8. The highest BCUT2D eigenvalue weighted by atomic mass is 16.1. The number of nitrogens with zero attached hydrogens (tertiary/aromatic N) is 2. The summed E-state index contributed by atoms with van der Waals surface area (Å²) in [5, 5.41) is 3.45. The number of aromatic nitrogens is 1. The Bertz CT molecular complexity index is 419. The first-order valence-corrected chi connectivity index (χ1v) is 6.45. The molecule has 0 aliphatic carbocycles. The number of anilines is 1. The average molecular weight is 248 g/mol. The SMILES string of the molecule is CCNC1CCCN(c2ncccc2C(N)=O)C1. The van der Waals surface area contributed by atoms with Crippen molar-refractivity contribution in [1.29, 1.82) is 0 Å². The minimum absolute atomic E-state index is 0.413. The second-order valence-electron chi connectivity index (χ2n) is 4.58. The summed E-state index contributed by atoms with van der Waals surface area (Å²) in [6.07, 6.45) is 3.98. The van der Waals surface area contributed by atoms with Crippen LogP contribution >= 0.6 is 0 Å². The van der Waals surface area contributed by atoms with Crippen LogP contribution in [-0.2, 0) is 0 Å². The van der Waals surface area contributed by atoms with E-state index in [4.69, 9.17) is 5.73 Å². The Morgan fingerprint density at radius 1 is 1.67 bits per heavy atom. The minimum atomic E-state index is -0.413. The zero-order valence-electron chi connectivity index (χ0n) is 10.7. The topological polar surface area (TPSA) is 71.2 Å². The highest BCUT2D eigenvalue weighted by molar-refractivity contribution is 5.97. The molecule has 0 radical (unpaired) electrons. The largest absolute Gasteiger partial charge is 0.365 e. The number of piperidine rings is 1. The predicted octanol–water partition coefficient (Wildman–Crippen LogP) is 0.759. The molecule has 1 saturated heterocycles. The van der Waals surface area contributed by atoms with Crippen molar-refractivity contribution < 1.29 is 4.79 Å². The number of primary amides is 1. The van der Waals surface area contributed by atoms with E-state index in [1.54, 1.807) is 18.3 Å². The number of hydrogen-bond acceptors (Lipinski definition) is 4. The smallest absolute Gasteiger partial charge is 0.252 e. The molecule has 5 heteroatoms. The Morgan fingerprint density at radius 3 is 3.22 bits per heavy atom. The van der Waals surface area contributed by atoms with Crippen molar-refractivity contribution in [3.05, 3.63) is 23.9 Å². The van der Waals surface area contributed by atoms with Gasteiger partial charge in [0.25, 0.3) is 5.91 Å². The fourth-order valence-electron chi connectivity index (χ4n) is 2.47. The monoisotopic (exact) mass is 248 g/mol. The van der Waals surface area contributed by atoms with E-state index in [0.717, 1.165) is 26.1 Å². The summed E-state index contributed by atoms with van der Waals surface area (Å²) in [7, 11) is 0. The van der Waals surface area contributed by atoms with E-state index in [0.29, 0.717) is 17.4 Å². The summed E-state index contributed by atoms with van der Waals surface area (Å²) in [6, 6.07) is 3.95. The number of likely N-dealkylation sites (N-methyl/N-ethyl adjacent to an activating group) is 1. The Labute approximate surface area is 107 Å². The van der Waals surface area contributed by atoms with Gasteiger partial charge in [0.15, 0.2) is 0 Å². The van der Waals surface area contributed by atoms with E-state index < -0.39 is 5.91 Å². The first-order valence-electron chi connectivity index (χ1n) is 6.45. The maximum atomic E-state index is 11.4. The summed E-state index contributed by atoms with van der Waals surface area (Å²) in [4.78, 5) is 17.9. The van der Waals surface area contributed by atoms with Crippen molar-refractivity contribution in [3.8, 4) is 0 Å². The van der Waals surface area contributed by atoms with Crippen LogP contribution in [0.4, 0.5) is 5.82 Å². The Morgan fingerprint density at radius 2 is 2.50 bits per heavy atom. The van der Waals surface area contributed by atoms with Gasteiger partial charge in [-0.1, -0.05) is 6.92 Å². The number of nitrogens with one attached hydrogen (secondary N) is 1. The van der Waals surface area contributed by atoms with Crippen LogP contribution in [0.15, 0.2) is 18.3 Å². The highest BCUT2D eigenvalue weighted by Gasteiger charge is 2.23. The van der Waals surface area contributed by atoms with Gasteiger partial charge in [0.2, 0.25) is 0 Å². The standard InChI is InChI=1S/C13H20N4O/c1-2-15-10-5-4-8-17(9-10)13-11(12(14)18)6-3-7-16-13/h3,6-7,10,15H,2,4-5,8-9H2,1H3,(H2,14,18). The molecular weight excluding hydrogens is 228 g/mol. The summed E-state index contributed by atoms with van der Waals surface area (Å²) >= 11 is 0. The molecule has 1 unspecified atom stereocenters. The van der Waals surface area contributed by atoms with Gasteiger partial charge in [0.05, 0.1) is 5.56 Å². The first-order chi connectivity index (χ1) is 8.72. The number of amides is 1. The van der Waals surface area contributed by atoms with Crippen LogP contribution in [0.1, 0.15) is 30.1 Å². The van der Waals surface area contributed by atoms with Crippen LogP contribution in [0.3, 0.4) is 0 Å². The summed E-state index contributed by atoms with van der Waals surface area (Å²) in [5.41, 5.74) is 5.90. The summed E-state index contributed by atoms with van der Waals surface area (Å²) in [6.45, 7) is 4.88. The molecule has 1 aliphatic rings. The Kier molecular flexibility index (Phi) is 4.15. The van der Waals surface area contributed by atoms with Gasteiger partial charge in [0, 0.05) is 25.3 Å². The third-order valence-corrected chi connectivity index (χ3v) is 3.27. The fraction of sp³-hybridized carbons (Fsp3) is 0.538. The minimum Gasteiger partial charge on any atom is -0.365 e. The van der Waals surface area contributed by atoms with Gasteiger partial charge in [0.1, 0.15) is 5.82 Å². The molecule has 1 aliphatic heterocycles. The van der Waals surface area contributed by atoms with Gasteiger partial charge in [-0.05, 0) is 31.5 Å². The van der Waals surface area contributed by atoms with Crippen molar-refractivity contribution in [3.63, 3.8) is 0 Å². The molecule has 98 valence electrons. The Balaban J connectivity index is 2.18. The molecule has 1 aromatic rings. The summed E-state index contributed by atoms with van der Waals surface area (Å²) in [5.74, 6) is 0.302. The van der Waals surface area contributed by atoms with Crippen LogP contribution in [-0.4, -0.2) is 36.6 Å². The molecule has 0 aromatic carbocycles. The lowest BCUT2D eigenvalue weighted by Gasteiger charge is -2.34. The van der Waals surface area contributed by atoms with Gasteiger partial charge in [-0.15, -0.1) is 0 Å². The lowest BCUT2D eigenvalue weighted by Crippen LogP contribution is -2.46. The second-order valence-corrected chi connectivity index (χ2v) is 4.58. The van der Waals surface area contributed by atoms with E-state index in [2.05, 4.69) is 22.1 Å². The molecule has 2 heterocycles. The van der Waals surface area contributed by atoms with Crippen molar-refractivity contribution in [1.82, 2.24) is 10.3 Å². The number of rotatable bonds is 4. The fourth-order valence-corrected chi connectivity index (χ4v) is 2.47. The number of pyridine rings is 1. The number of nitrogens with two attached hydrogens (primary N) is 1. The van der Waals surface area contributed by atoms with Gasteiger partial charge >= 0.3 is 0 Å². The Hall–Kier alpha value is -1.62. The molecular formula is C13H20N4O. The van der Waals surface area contributed by atoms with Crippen molar-refractivity contribution in [2.45, 2.75) is 25.8 Å². The lowest BCUT2D eigenvalue weighted by molar-refractivity contribution is 0.100. The quantitative estimate of drug-likeness (QED) is 0.825. The highest BCUT2D eigenvalue weighted by Crippen LogP contribution is 2.21. The molecule has 1 aromatic heterocycles. The van der Waals surface area contributed by atoms with Crippen molar-refractivity contribution in [2.24, 2.45) is 5.73 Å². The number of hydrogen-bond donors (Lipinski definition) is 2. The van der Waals surface area contributed by atoms with Gasteiger partial charge in [-0.2, -0.15) is 0 Å². The van der Waals surface area contributed by atoms with Crippen LogP contribution in [0.2, 0.25) is 0 Å². The van der Waals surface area contributed by atoms with Gasteiger partial charge in [-0.25, -0.2) is 4.98 Å². The third-order valence-electron chi connectivity index (χ3n) is 3.27. The second kappa shape index (κ2) is 5.82. The van der Waals surface area contributed by atoms with Crippen LogP contribution in [0.25, 0.3) is 0 Å². The summed E-state index contributed by atoms with van der Waals surface area (Å²) < 4.78 is 0. The molecule has 1 amide bonds.